The number of amides is 1. The fourth-order valence-corrected chi connectivity index (χ4v) is 2.76. The molecule has 0 bridgehead atoms. The molecule has 1 fully saturated rings. The van der Waals surface area contributed by atoms with Crippen LogP contribution < -0.4 is 5.56 Å². The fraction of sp³-hybridized carbons (Fsp3) is 0.385. The van der Waals surface area contributed by atoms with Crippen molar-refractivity contribution in [1.29, 1.82) is 0 Å². The van der Waals surface area contributed by atoms with E-state index in [1.807, 2.05) is 0 Å². The van der Waals surface area contributed by atoms with E-state index in [9.17, 15) is 9.59 Å². The lowest BCUT2D eigenvalue weighted by Gasteiger charge is -2.32. The van der Waals surface area contributed by atoms with Crippen molar-refractivity contribution < 1.29 is 9.53 Å². The molecule has 7 nitrogen and oxygen atoms in total. The van der Waals surface area contributed by atoms with Gasteiger partial charge in [0.2, 0.25) is 0 Å². The summed E-state index contributed by atoms with van der Waals surface area (Å²) < 4.78 is 5.63. The second kappa shape index (κ2) is 5.74. The number of rotatable bonds is 2. The Hall–Kier alpha value is -2.06. The zero-order valence-electron chi connectivity index (χ0n) is 11.4. The Morgan fingerprint density at radius 1 is 1.57 bits per heavy atom. The summed E-state index contributed by atoms with van der Waals surface area (Å²) in [5.41, 5.74) is 2.47. The van der Waals surface area contributed by atoms with Gasteiger partial charge in [0.15, 0.2) is 0 Å². The highest BCUT2D eigenvalue weighted by Gasteiger charge is 2.28. The van der Waals surface area contributed by atoms with Gasteiger partial charge < -0.3 is 14.6 Å². The summed E-state index contributed by atoms with van der Waals surface area (Å²) in [5.74, 6) is 0.329. The first kappa shape index (κ1) is 13.9. The van der Waals surface area contributed by atoms with E-state index in [-0.39, 0.29) is 11.5 Å². The first-order valence-electron chi connectivity index (χ1n) is 6.50. The third kappa shape index (κ3) is 3.01. The summed E-state index contributed by atoms with van der Waals surface area (Å²) in [6, 6.07) is 1.42. The number of hydrogen-bond acceptors (Lipinski definition) is 6. The second-order valence-corrected chi connectivity index (χ2v) is 5.47. The van der Waals surface area contributed by atoms with Crippen LogP contribution in [0.15, 0.2) is 21.8 Å². The molecule has 2 aromatic heterocycles. The zero-order chi connectivity index (χ0) is 14.8. The quantitative estimate of drug-likeness (QED) is 0.884. The van der Waals surface area contributed by atoms with Gasteiger partial charge in [-0.1, -0.05) is 0 Å². The van der Waals surface area contributed by atoms with Crippen molar-refractivity contribution in [2.75, 3.05) is 19.7 Å². The summed E-state index contributed by atoms with van der Waals surface area (Å²) in [6.07, 6.45) is -0.422. The third-order valence-electron chi connectivity index (χ3n) is 3.20. The highest BCUT2D eigenvalue weighted by atomic mass is 32.1. The van der Waals surface area contributed by atoms with Gasteiger partial charge >= 0.3 is 0 Å². The molecule has 2 aromatic rings. The van der Waals surface area contributed by atoms with Gasteiger partial charge in [-0.05, 0) is 6.92 Å². The number of hydrogen-bond donors (Lipinski definition) is 1. The highest BCUT2D eigenvalue weighted by Crippen LogP contribution is 2.20. The van der Waals surface area contributed by atoms with Crippen LogP contribution in [0.3, 0.4) is 0 Å². The van der Waals surface area contributed by atoms with E-state index in [1.165, 1.54) is 17.4 Å². The maximum Gasteiger partial charge on any atom is 0.273 e. The molecule has 0 radical (unpaired) electrons. The molecule has 1 aliphatic heterocycles. The normalized spacial score (nSPS) is 18.7. The Bertz CT molecular complexity index is 698. The van der Waals surface area contributed by atoms with E-state index in [0.29, 0.717) is 36.9 Å². The fourth-order valence-electron chi connectivity index (χ4n) is 2.23. The van der Waals surface area contributed by atoms with Crippen molar-refractivity contribution in [3.05, 3.63) is 44.5 Å². The molecule has 3 heterocycles. The molecule has 3 rings (SSSR count). The monoisotopic (exact) mass is 306 g/mol. The highest BCUT2D eigenvalue weighted by molar-refractivity contribution is 7.07. The van der Waals surface area contributed by atoms with Crippen LogP contribution in [-0.2, 0) is 4.74 Å². The molecule has 21 heavy (non-hydrogen) atoms. The third-order valence-corrected chi connectivity index (χ3v) is 3.78. The van der Waals surface area contributed by atoms with E-state index in [2.05, 4.69) is 15.0 Å². The molecule has 0 aliphatic carbocycles. The largest absolute Gasteiger partial charge is 0.367 e. The predicted molar refractivity (Wildman–Crippen MR) is 76.3 cm³/mol. The number of carbonyl (C=O) groups excluding carboxylic acids is 1. The molecule has 8 heteroatoms. The zero-order valence-corrected chi connectivity index (χ0v) is 12.2. The van der Waals surface area contributed by atoms with Gasteiger partial charge in [-0.3, -0.25) is 9.59 Å². The summed E-state index contributed by atoms with van der Waals surface area (Å²) >= 11 is 1.38. The number of aromatic nitrogens is 3. The van der Waals surface area contributed by atoms with Crippen molar-refractivity contribution in [1.82, 2.24) is 19.9 Å². The first-order chi connectivity index (χ1) is 10.1. The molecule has 1 aliphatic rings. The van der Waals surface area contributed by atoms with Crippen LogP contribution in [0.4, 0.5) is 0 Å². The number of morpholine rings is 1. The molecule has 1 unspecified atom stereocenters. The number of thiazole rings is 1. The van der Waals surface area contributed by atoms with Gasteiger partial charge in [-0.25, -0.2) is 9.97 Å². The predicted octanol–water partition coefficient (Wildman–Crippen LogP) is 0.749. The van der Waals surface area contributed by atoms with Crippen molar-refractivity contribution in [3.8, 4) is 0 Å². The van der Waals surface area contributed by atoms with Crippen LogP contribution in [0, 0.1) is 6.92 Å². The summed E-state index contributed by atoms with van der Waals surface area (Å²) in [4.78, 5) is 36.5. The number of aryl methyl sites for hydroxylation is 1. The van der Waals surface area contributed by atoms with Gasteiger partial charge in [0.25, 0.3) is 11.5 Å². The molecule has 0 aromatic carbocycles. The molecule has 1 N–H and O–H groups in total. The summed E-state index contributed by atoms with van der Waals surface area (Å²) in [7, 11) is 0. The first-order valence-corrected chi connectivity index (χ1v) is 7.44. The minimum atomic E-state index is -0.422. The standard InChI is InChI=1S/C13H14N4O3S/c1-8-4-11(18)16-12(15-8)10-5-17(2-3-20-10)13(19)9-6-21-7-14-9/h4,6-7,10H,2-3,5H2,1H3,(H,15,16,18). The van der Waals surface area contributed by atoms with Crippen LogP contribution in [0.25, 0.3) is 0 Å². The summed E-state index contributed by atoms with van der Waals surface area (Å²) in [5, 5.41) is 1.72. The number of aromatic amines is 1. The van der Waals surface area contributed by atoms with Crippen LogP contribution >= 0.6 is 11.3 Å². The molecule has 0 spiro atoms. The lowest BCUT2D eigenvalue weighted by Crippen LogP contribution is -2.43. The van der Waals surface area contributed by atoms with Crippen LogP contribution in [0.1, 0.15) is 28.1 Å². The SMILES string of the molecule is Cc1cc(=O)[nH]c(C2CN(C(=O)c3cscn3)CCO2)n1. The lowest BCUT2D eigenvalue weighted by atomic mass is 10.2. The van der Waals surface area contributed by atoms with Gasteiger partial charge in [-0.2, -0.15) is 0 Å². The van der Waals surface area contributed by atoms with Gasteiger partial charge in [0.1, 0.15) is 17.6 Å². The number of ether oxygens (including phenoxy) is 1. The number of nitrogens with zero attached hydrogens (tertiary/aromatic N) is 3. The average Bonchev–Trinajstić information content (AvgIpc) is 3.00. The minimum Gasteiger partial charge on any atom is -0.367 e. The molecule has 1 atom stereocenters. The van der Waals surface area contributed by atoms with Crippen molar-refractivity contribution >= 4 is 17.2 Å². The van der Waals surface area contributed by atoms with E-state index in [1.54, 1.807) is 22.7 Å². The maximum absolute atomic E-state index is 12.3. The average molecular weight is 306 g/mol. The smallest absolute Gasteiger partial charge is 0.273 e. The molecular weight excluding hydrogens is 292 g/mol. The van der Waals surface area contributed by atoms with Gasteiger partial charge in [0.05, 0.1) is 18.7 Å². The molecular formula is C13H14N4O3S. The summed E-state index contributed by atoms with van der Waals surface area (Å²) in [6.45, 7) is 3.00. The minimum absolute atomic E-state index is 0.125. The van der Waals surface area contributed by atoms with Crippen LogP contribution in [0.5, 0.6) is 0 Å². The molecule has 0 saturated carbocycles. The number of nitrogens with one attached hydrogen (secondary N) is 1. The lowest BCUT2D eigenvalue weighted by molar-refractivity contribution is -0.0271. The molecule has 110 valence electrons. The van der Waals surface area contributed by atoms with Gasteiger partial charge in [-0.15, -0.1) is 11.3 Å². The Morgan fingerprint density at radius 2 is 2.43 bits per heavy atom. The van der Waals surface area contributed by atoms with Gasteiger partial charge in [0, 0.05) is 23.7 Å². The Kier molecular flexibility index (Phi) is 3.80. The van der Waals surface area contributed by atoms with E-state index >= 15 is 0 Å². The van der Waals surface area contributed by atoms with Crippen LogP contribution in [0.2, 0.25) is 0 Å². The van der Waals surface area contributed by atoms with Crippen molar-refractivity contribution in [2.45, 2.75) is 13.0 Å². The Labute approximate surface area is 124 Å². The van der Waals surface area contributed by atoms with Crippen LogP contribution in [-0.4, -0.2) is 45.5 Å². The molecule has 1 amide bonds. The van der Waals surface area contributed by atoms with E-state index < -0.39 is 6.10 Å². The maximum atomic E-state index is 12.3. The Balaban J connectivity index is 1.79. The topological polar surface area (TPSA) is 88.2 Å². The number of H-pyrrole nitrogens is 1. The van der Waals surface area contributed by atoms with E-state index in [4.69, 9.17) is 4.74 Å². The second-order valence-electron chi connectivity index (χ2n) is 4.76. The molecule has 1 saturated heterocycles. The number of carbonyl (C=O) groups is 1. The van der Waals surface area contributed by atoms with E-state index in [0.717, 1.165) is 0 Å². The van der Waals surface area contributed by atoms with Crippen molar-refractivity contribution in [3.63, 3.8) is 0 Å². The Morgan fingerprint density at radius 3 is 3.14 bits per heavy atom. The van der Waals surface area contributed by atoms with Crippen molar-refractivity contribution in [2.24, 2.45) is 0 Å².